The molecule has 1 heterocycles. The van der Waals surface area contributed by atoms with Crippen LogP contribution in [-0.2, 0) is 13.0 Å². The van der Waals surface area contributed by atoms with Gasteiger partial charge in [0.25, 0.3) is 0 Å². The minimum atomic E-state index is 0.285. The number of aryl methyl sites for hydroxylation is 1. The fourth-order valence-corrected chi connectivity index (χ4v) is 4.11. The molecule has 0 unspecified atom stereocenters. The maximum atomic E-state index is 9.91. The second kappa shape index (κ2) is 9.67. The lowest BCUT2D eigenvalue weighted by atomic mass is 10.0. The van der Waals surface area contributed by atoms with E-state index in [2.05, 4.69) is 43.4 Å². The molecule has 2 aromatic carbocycles. The molecule has 0 amide bonds. The average molecular weight is 381 g/mol. The van der Waals surface area contributed by atoms with E-state index < -0.39 is 0 Å². The standard InChI is InChI=1S/C23H28N2OS/c1-3-5-7-17-10-12-18(13-11-17)22-23(19-8-6-9-20(26)15-19)27-21(25-22)16-24-14-4-2/h6,8-13,15,24,26H,3-5,7,14,16H2,1-2H3. The molecule has 3 nitrogen and oxygen atoms in total. The Morgan fingerprint density at radius 2 is 1.81 bits per heavy atom. The van der Waals surface area contributed by atoms with Gasteiger partial charge in [-0.05, 0) is 49.1 Å². The summed E-state index contributed by atoms with van der Waals surface area (Å²) in [4.78, 5) is 6.04. The number of nitrogens with zero attached hydrogens (tertiary/aromatic N) is 1. The summed E-state index contributed by atoms with van der Waals surface area (Å²) < 4.78 is 0. The summed E-state index contributed by atoms with van der Waals surface area (Å²) in [5.41, 5.74) is 4.52. The van der Waals surface area contributed by atoms with Gasteiger partial charge in [-0.15, -0.1) is 11.3 Å². The summed E-state index contributed by atoms with van der Waals surface area (Å²) in [6.07, 6.45) is 4.66. The fraction of sp³-hybridized carbons (Fsp3) is 0.348. The minimum absolute atomic E-state index is 0.285. The molecule has 0 fully saturated rings. The second-order valence-electron chi connectivity index (χ2n) is 6.81. The summed E-state index contributed by atoms with van der Waals surface area (Å²) >= 11 is 1.70. The SMILES string of the molecule is CCCCc1ccc(-c2nc(CNCCC)sc2-c2cccc(O)c2)cc1. The molecule has 0 radical (unpaired) electrons. The van der Waals surface area contributed by atoms with E-state index in [9.17, 15) is 5.11 Å². The Kier molecular flexibility index (Phi) is 7.02. The maximum absolute atomic E-state index is 9.91. The van der Waals surface area contributed by atoms with Crippen molar-refractivity contribution in [2.24, 2.45) is 0 Å². The Hall–Kier alpha value is -2.17. The zero-order valence-corrected chi connectivity index (χ0v) is 17.0. The second-order valence-corrected chi connectivity index (χ2v) is 7.90. The molecule has 3 aromatic rings. The molecular weight excluding hydrogens is 352 g/mol. The summed E-state index contributed by atoms with van der Waals surface area (Å²) in [6, 6.07) is 16.2. The number of phenolic OH excluding ortho intramolecular Hbond substituents is 1. The van der Waals surface area contributed by atoms with Crippen LogP contribution < -0.4 is 5.32 Å². The Balaban J connectivity index is 1.94. The lowest BCUT2D eigenvalue weighted by Crippen LogP contribution is -2.13. The molecule has 0 aliphatic heterocycles. The Morgan fingerprint density at radius 3 is 2.52 bits per heavy atom. The molecule has 0 saturated carbocycles. The minimum Gasteiger partial charge on any atom is -0.508 e. The number of aromatic nitrogens is 1. The van der Waals surface area contributed by atoms with Gasteiger partial charge in [-0.2, -0.15) is 0 Å². The molecule has 0 bridgehead atoms. The van der Waals surface area contributed by atoms with Gasteiger partial charge in [-0.1, -0.05) is 56.7 Å². The highest BCUT2D eigenvalue weighted by molar-refractivity contribution is 7.15. The van der Waals surface area contributed by atoms with Crippen LogP contribution in [0, 0.1) is 0 Å². The monoisotopic (exact) mass is 380 g/mol. The highest BCUT2D eigenvalue weighted by Crippen LogP contribution is 2.38. The number of benzene rings is 2. The van der Waals surface area contributed by atoms with Gasteiger partial charge in [0.05, 0.1) is 10.6 Å². The molecule has 1 aromatic heterocycles. The number of phenols is 1. The van der Waals surface area contributed by atoms with Crippen LogP contribution in [0.4, 0.5) is 0 Å². The topological polar surface area (TPSA) is 45.2 Å². The van der Waals surface area contributed by atoms with Gasteiger partial charge >= 0.3 is 0 Å². The molecule has 3 rings (SSSR count). The normalized spacial score (nSPS) is 11.0. The van der Waals surface area contributed by atoms with Crippen LogP contribution in [0.2, 0.25) is 0 Å². The van der Waals surface area contributed by atoms with Gasteiger partial charge in [0.15, 0.2) is 0 Å². The number of hydrogen-bond acceptors (Lipinski definition) is 4. The van der Waals surface area contributed by atoms with Crippen molar-refractivity contribution in [2.45, 2.75) is 46.1 Å². The van der Waals surface area contributed by atoms with E-state index in [-0.39, 0.29) is 5.75 Å². The first kappa shape index (κ1) is 19.6. The van der Waals surface area contributed by atoms with E-state index in [0.717, 1.165) is 52.6 Å². The molecule has 0 atom stereocenters. The third-order valence-corrected chi connectivity index (χ3v) is 5.63. The first-order valence-electron chi connectivity index (χ1n) is 9.80. The van der Waals surface area contributed by atoms with Crippen LogP contribution >= 0.6 is 11.3 Å². The van der Waals surface area contributed by atoms with E-state index >= 15 is 0 Å². The molecule has 0 saturated heterocycles. The molecule has 27 heavy (non-hydrogen) atoms. The van der Waals surface area contributed by atoms with Crippen LogP contribution in [0.1, 0.15) is 43.7 Å². The van der Waals surface area contributed by atoms with E-state index in [1.807, 2.05) is 18.2 Å². The highest BCUT2D eigenvalue weighted by Gasteiger charge is 2.15. The third-order valence-electron chi connectivity index (χ3n) is 4.53. The van der Waals surface area contributed by atoms with Crippen molar-refractivity contribution in [2.75, 3.05) is 6.54 Å². The average Bonchev–Trinajstić information content (AvgIpc) is 3.11. The Bertz CT molecular complexity index is 855. The van der Waals surface area contributed by atoms with Gasteiger partial charge in [-0.25, -0.2) is 4.98 Å². The molecule has 0 aliphatic rings. The predicted octanol–water partition coefficient (Wildman–Crippen LogP) is 6.02. The quantitative estimate of drug-likeness (QED) is 0.446. The Labute approximate surface area is 166 Å². The lowest BCUT2D eigenvalue weighted by Gasteiger charge is -2.05. The van der Waals surface area contributed by atoms with Crippen LogP contribution in [0.5, 0.6) is 5.75 Å². The smallest absolute Gasteiger partial charge is 0.116 e. The van der Waals surface area contributed by atoms with Crippen molar-refractivity contribution in [3.8, 4) is 27.4 Å². The zero-order valence-electron chi connectivity index (χ0n) is 16.2. The van der Waals surface area contributed by atoms with Gasteiger partial charge in [0.2, 0.25) is 0 Å². The predicted molar refractivity (Wildman–Crippen MR) is 115 cm³/mol. The van der Waals surface area contributed by atoms with Gasteiger partial charge in [0.1, 0.15) is 10.8 Å². The summed E-state index contributed by atoms with van der Waals surface area (Å²) in [5.74, 6) is 0.285. The van der Waals surface area contributed by atoms with E-state index in [1.165, 1.54) is 18.4 Å². The van der Waals surface area contributed by atoms with Crippen LogP contribution in [0.15, 0.2) is 48.5 Å². The van der Waals surface area contributed by atoms with E-state index in [4.69, 9.17) is 4.98 Å². The number of rotatable bonds is 9. The Morgan fingerprint density at radius 1 is 1.00 bits per heavy atom. The third kappa shape index (κ3) is 5.18. The number of thiazole rings is 1. The van der Waals surface area contributed by atoms with Gasteiger partial charge in [-0.3, -0.25) is 0 Å². The van der Waals surface area contributed by atoms with Crippen molar-refractivity contribution in [1.82, 2.24) is 10.3 Å². The highest BCUT2D eigenvalue weighted by atomic mass is 32.1. The van der Waals surface area contributed by atoms with Crippen molar-refractivity contribution in [3.05, 3.63) is 59.1 Å². The van der Waals surface area contributed by atoms with Crippen LogP contribution in [0.25, 0.3) is 21.7 Å². The number of hydrogen-bond donors (Lipinski definition) is 2. The summed E-state index contributed by atoms with van der Waals surface area (Å²) in [7, 11) is 0. The molecule has 0 spiro atoms. The zero-order chi connectivity index (χ0) is 19.1. The van der Waals surface area contributed by atoms with Crippen LogP contribution in [-0.4, -0.2) is 16.6 Å². The van der Waals surface area contributed by atoms with E-state index in [0.29, 0.717) is 0 Å². The van der Waals surface area contributed by atoms with E-state index in [1.54, 1.807) is 17.4 Å². The van der Waals surface area contributed by atoms with Gasteiger partial charge in [0, 0.05) is 12.1 Å². The fourth-order valence-electron chi connectivity index (χ4n) is 3.06. The lowest BCUT2D eigenvalue weighted by molar-refractivity contribution is 0.475. The van der Waals surface area contributed by atoms with Gasteiger partial charge < -0.3 is 10.4 Å². The number of nitrogens with one attached hydrogen (secondary N) is 1. The first-order chi connectivity index (χ1) is 13.2. The molecule has 2 N–H and O–H groups in total. The summed E-state index contributed by atoms with van der Waals surface area (Å²) in [5, 5.41) is 14.4. The van der Waals surface area contributed by atoms with Crippen molar-refractivity contribution < 1.29 is 5.11 Å². The molecule has 4 heteroatoms. The number of aromatic hydroxyl groups is 1. The number of unbranched alkanes of at least 4 members (excludes halogenated alkanes) is 1. The van der Waals surface area contributed by atoms with Crippen LogP contribution in [0.3, 0.4) is 0 Å². The maximum Gasteiger partial charge on any atom is 0.116 e. The molecular formula is C23H28N2OS. The van der Waals surface area contributed by atoms with Crippen molar-refractivity contribution >= 4 is 11.3 Å². The first-order valence-corrected chi connectivity index (χ1v) is 10.6. The van der Waals surface area contributed by atoms with Crippen molar-refractivity contribution in [3.63, 3.8) is 0 Å². The molecule has 0 aliphatic carbocycles. The summed E-state index contributed by atoms with van der Waals surface area (Å²) in [6.45, 7) is 6.15. The largest absolute Gasteiger partial charge is 0.508 e. The molecule has 142 valence electrons. The van der Waals surface area contributed by atoms with Crippen molar-refractivity contribution in [1.29, 1.82) is 0 Å².